The molecule has 0 aromatic heterocycles. The Bertz CT molecular complexity index is 542. The smallest absolute Gasteiger partial charge is 0.269 e. The van der Waals surface area contributed by atoms with Gasteiger partial charge in [0.05, 0.1) is 24.6 Å². The zero-order chi connectivity index (χ0) is 16.1. The molecule has 2 aliphatic rings. The lowest BCUT2D eigenvalue weighted by Gasteiger charge is -2.37. The van der Waals surface area contributed by atoms with Crippen LogP contribution in [0.15, 0.2) is 36.9 Å². The summed E-state index contributed by atoms with van der Waals surface area (Å²) in [6.45, 7) is 6.34. The van der Waals surface area contributed by atoms with Crippen molar-refractivity contribution in [2.75, 3.05) is 36.9 Å². The lowest BCUT2D eigenvalue weighted by Crippen LogP contribution is -2.58. The molecule has 1 amide bonds. The third kappa shape index (κ3) is 3.34. The number of amides is 1. The van der Waals surface area contributed by atoms with E-state index in [1.807, 2.05) is 29.2 Å². The van der Waals surface area contributed by atoms with Gasteiger partial charge in [0.25, 0.3) is 5.91 Å². The summed E-state index contributed by atoms with van der Waals surface area (Å²) in [6, 6.07) is 7.95. The molecular weight excluding hydrogens is 290 g/mol. The van der Waals surface area contributed by atoms with Crippen LogP contribution in [0.1, 0.15) is 25.7 Å². The molecule has 1 fully saturated rings. The Morgan fingerprint density at radius 2 is 1.87 bits per heavy atom. The zero-order valence-corrected chi connectivity index (χ0v) is 13.5. The molecule has 1 aromatic rings. The van der Waals surface area contributed by atoms with Crippen molar-refractivity contribution in [2.24, 2.45) is 0 Å². The molecule has 1 aromatic carbocycles. The Labute approximate surface area is 137 Å². The fraction of sp³-hybridized carbons (Fsp3) is 0.500. The van der Waals surface area contributed by atoms with Crippen LogP contribution in [0.25, 0.3) is 0 Å². The third-order valence-corrected chi connectivity index (χ3v) is 4.49. The van der Waals surface area contributed by atoms with Crippen molar-refractivity contribution in [3.63, 3.8) is 0 Å². The van der Waals surface area contributed by atoms with Gasteiger partial charge in [-0.1, -0.05) is 18.2 Å². The highest BCUT2D eigenvalue weighted by Crippen LogP contribution is 2.36. The Balaban J connectivity index is 1.77. The number of fused-ring (bicyclic) bond motifs is 1. The molecule has 0 unspecified atom stereocenters. The van der Waals surface area contributed by atoms with E-state index in [1.54, 1.807) is 6.08 Å². The molecule has 0 saturated carbocycles. The summed E-state index contributed by atoms with van der Waals surface area (Å²) >= 11 is 0. The molecule has 124 valence electrons. The van der Waals surface area contributed by atoms with Crippen LogP contribution in [0.4, 0.5) is 11.4 Å². The number of benzene rings is 1. The first-order chi connectivity index (χ1) is 11.2. The summed E-state index contributed by atoms with van der Waals surface area (Å²) < 4.78 is 5.54. The van der Waals surface area contributed by atoms with Gasteiger partial charge in [0, 0.05) is 19.5 Å². The van der Waals surface area contributed by atoms with Gasteiger partial charge in [-0.25, -0.2) is 0 Å². The molecule has 0 radical (unpaired) electrons. The number of piperidine rings is 1. The molecule has 0 aliphatic carbocycles. The maximum atomic E-state index is 13.2. The summed E-state index contributed by atoms with van der Waals surface area (Å²) in [6.07, 6.45) is 5.68. The minimum atomic E-state index is -0.803. The predicted molar refractivity (Wildman–Crippen MR) is 92.5 cm³/mol. The Morgan fingerprint density at radius 1 is 1.22 bits per heavy atom. The van der Waals surface area contributed by atoms with Gasteiger partial charge in [0.1, 0.15) is 0 Å². The third-order valence-electron chi connectivity index (χ3n) is 4.49. The molecule has 1 saturated heterocycles. The zero-order valence-electron chi connectivity index (χ0n) is 13.5. The monoisotopic (exact) mass is 315 g/mol. The Morgan fingerprint density at radius 3 is 2.48 bits per heavy atom. The number of nitrogens with zero attached hydrogens (tertiary/aromatic N) is 1. The molecule has 5 nitrogen and oxygen atoms in total. The number of nitrogens with one attached hydrogen (secondary N) is 2. The van der Waals surface area contributed by atoms with Crippen molar-refractivity contribution in [3.8, 4) is 0 Å². The summed E-state index contributed by atoms with van der Waals surface area (Å²) in [7, 11) is 0. The van der Waals surface area contributed by atoms with Crippen LogP contribution in [0.2, 0.25) is 0 Å². The van der Waals surface area contributed by atoms with Gasteiger partial charge < -0.3 is 20.3 Å². The number of likely N-dealkylation sites (tertiary alicyclic amines) is 1. The molecule has 2 heterocycles. The van der Waals surface area contributed by atoms with E-state index in [-0.39, 0.29) is 5.91 Å². The topological polar surface area (TPSA) is 53.6 Å². The average Bonchev–Trinajstić information content (AvgIpc) is 2.98. The summed E-state index contributed by atoms with van der Waals surface area (Å²) in [5.74, 6) is 0.121. The fourth-order valence-corrected chi connectivity index (χ4v) is 3.29. The second kappa shape index (κ2) is 7.04. The van der Waals surface area contributed by atoms with Gasteiger partial charge in [-0.15, -0.1) is 6.58 Å². The molecule has 0 bridgehead atoms. The Kier molecular flexibility index (Phi) is 4.86. The molecule has 23 heavy (non-hydrogen) atoms. The van der Waals surface area contributed by atoms with Crippen molar-refractivity contribution in [1.29, 1.82) is 0 Å². The molecule has 0 spiro atoms. The second-order valence-corrected chi connectivity index (χ2v) is 6.17. The number of carbonyl (C=O) groups excluding carboxylic acids is 1. The highest BCUT2D eigenvalue weighted by Gasteiger charge is 2.45. The number of rotatable bonds is 6. The number of ether oxygens (including phenoxy) is 1. The molecule has 0 atom stereocenters. The van der Waals surface area contributed by atoms with Gasteiger partial charge in [-0.05, 0) is 31.4 Å². The maximum absolute atomic E-state index is 13.2. The number of carbonyl (C=O) groups is 1. The summed E-state index contributed by atoms with van der Waals surface area (Å²) in [5, 5.41) is 6.83. The second-order valence-electron chi connectivity index (χ2n) is 6.17. The fourth-order valence-electron chi connectivity index (χ4n) is 3.29. The maximum Gasteiger partial charge on any atom is 0.269 e. The minimum Gasteiger partial charge on any atom is -0.377 e. The van der Waals surface area contributed by atoms with E-state index >= 15 is 0 Å². The summed E-state index contributed by atoms with van der Waals surface area (Å²) in [5.41, 5.74) is 1.14. The number of hydrogen-bond acceptors (Lipinski definition) is 4. The van der Waals surface area contributed by atoms with E-state index < -0.39 is 5.66 Å². The van der Waals surface area contributed by atoms with Crippen molar-refractivity contribution >= 4 is 17.3 Å². The minimum absolute atomic E-state index is 0.121. The average molecular weight is 315 g/mol. The molecule has 3 rings (SSSR count). The van der Waals surface area contributed by atoms with Gasteiger partial charge in [0.2, 0.25) is 0 Å². The van der Waals surface area contributed by atoms with E-state index in [9.17, 15) is 4.79 Å². The van der Waals surface area contributed by atoms with Crippen LogP contribution in [0, 0.1) is 0 Å². The van der Waals surface area contributed by atoms with Gasteiger partial charge in [-0.3, -0.25) is 4.79 Å². The molecular formula is C18H25N3O2. The van der Waals surface area contributed by atoms with E-state index in [4.69, 9.17) is 4.74 Å². The van der Waals surface area contributed by atoms with Crippen LogP contribution in [0.3, 0.4) is 0 Å². The lowest BCUT2D eigenvalue weighted by molar-refractivity contribution is -0.136. The highest BCUT2D eigenvalue weighted by atomic mass is 16.5. The van der Waals surface area contributed by atoms with Crippen molar-refractivity contribution in [1.82, 2.24) is 4.90 Å². The number of anilines is 2. The van der Waals surface area contributed by atoms with Crippen LogP contribution < -0.4 is 10.6 Å². The van der Waals surface area contributed by atoms with Crippen LogP contribution in [-0.2, 0) is 9.53 Å². The predicted octanol–water partition coefficient (Wildman–Crippen LogP) is 2.83. The van der Waals surface area contributed by atoms with Crippen LogP contribution >= 0.6 is 0 Å². The van der Waals surface area contributed by atoms with Gasteiger partial charge in [0.15, 0.2) is 5.66 Å². The van der Waals surface area contributed by atoms with E-state index in [1.165, 1.54) is 6.42 Å². The Hall–Kier alpha value is -2.01. The standard InChI is InChI=1S/C18H25N3O2/c1-2-13-23-14-10-18(17(22)21-11-6-3-7-12-21)19-15-8-4-5-9-16(15)20-18/h2,4-5,8-9,19-20H,1,3,6-7,10-14H2. The normalized spacial score (nSPS) is 18.7. The molecule has 2 N–H and O–H groups in total. The van der Waals surface area contributed by atoms with Gasteiger partial charge >= 0.3 is 0 Å². The van der Waals surface area contributed by atoms with Crippen LogP contribution in [-0.4, -0.2) is 42.8 Å². The van der Waals surface area contributed by atoms with Gasteiger partial charge in [-0.2, -0.15) is 0 Å². The van der Waals surface area contributed by atoms with E-state index in [0.717, 1.165) is 37.3 Å². The van der Waals surface area contributed by atoms with Crippen molar-refractivity contribution in [3.05, 3.63) is 36.9 Å². The summed E-state index contributed by atoms with van der Waals surface area (Å²) in [4.78, 5) is 15.2. The van der Waals surface area contributed by atoms with E-state index in [2.05, 4.69) is 17.2 Å². The van der Waals surface area contributed by atoms with E-state index in [0.29, 0.717) is 19.6 Å². The number of hydrogen-bond donors (Lipinski definition) is 2. The molecule has 2 aliphatic heterocycles. The van der Waals surface area contributed by atoms with Crippen molar-refractivity contribution < 1.29 is 9.53 Å². The largest absolute Gasteiger partial charge is 0.377 e. The number of para-hydroxylation sites is 2. The van der Waals surface area contributed by atoms with Crippen molar-refractivity contribution in [2.45, 2.75) is 31.3 Å². The SMILES string of the molecule is C=CCOCCC1(C(=O)N2CCCCC2)Nc2ccccc2N1. The van der Waals surface area contributed by atoms with Crippen LogP contribution in [0.5, 0.6) is 0 Å². The first-order valence-corrected chi connectivity index (χ1v) is 8.38. The molecule has 5 heteroatoms. The lowest BCUT2D eigenvalue weighted by atomic mass is 10.0. The highest BCUT2D eigenvalue weighted by molar-refractivity contribution is 5.97. The quantitative estimate of drug-likeness (QED) is 0.626. The first kappa shape index (κ1) is 15.9. The first-order valence-electron chi connectivity index (χ1n) is 8.38.